The summed E-state index contributed by atoms with van der Waals surface area (Å²) in [5.41, 5.74) is 0.0750. The summed E-state index contributed by atoms with van der Waals surface area (Å²) in [4.78, 5) is 30.0. The molecule has 1 amide bonds. The molecular weight excluding hydrogens is 268 g/mol. The van der Waals surface area contributed by atoms with Crippen molar-refractivity contribution >= 4 is 11.9 Å². The topological polar surface area (TPSA) is 59.5 Å². The Kier molecular flexibility index (Phi) is 4.60. The third kappa shape index (κ3) is 4.28. The van der Waals surface area contributed by atoms with Crippen LogP contribution in [0.1, 0.15) is 50.4 Å². The lowest BCUT2D eigenvalue weighted by Crippen LogP contribution is -2.40. The molecule has 0 radical (unpaired) electrons. The van der Waals surface area contributed by atoms with Gasteiger partial charge in [0.15, 0.2) is 5.78 Å². The lowest BCUT2D eigenvalue weighted by atomic mass is 10.0. The summed E-state index contributed by atoms with van der Waals surface area (Å²) in [5.74, 6) is 0.0172. The number of nitrogens with zero attached hydrogens (tertiary/aromatic N) is 2. The van der Waals surface area contributed by atoms with Crippen LogP contribution in [0.15, 0.2) is 24.5 Å². The first kappa shape index (κ1) is 15.5. The van der Waals surface area contributed by atoms with Gasteiger partial charge in [-0.2, -0.15) is 0 Å². The molecule has 114 valence electrons. The van der Waals surface area contributed by atoms with Crippen molar-refractivity contribution in [2.24, 2.45) is 0 Å². The Morgan fingerprint density at radius 1 is 1.43 bits per heavy atom. The number of ketones is 1. The van der Waals surface area contributed by atoms with Crippen molar-refractivity contribution in [3.8, 4) is 0 Å². The first-order valence-electron chi connectivity index (χ1n) is 7.29. The number of likely N-dealkylation sites (tertiary alicyclic amines) is 1. The molecular formula is C16H22N2O3. The molecule has 1 fully saturated rings. The van der Waals surface area contributed by atoms with Crippen LogP contribution >= 0.6 is 0 Å². The molecule has 2 heterocycles. The van der Waals surface area contributed by atoms with E-state index < -0.39 is 5.60 Å². The number of pyridine rings is 1. The minimum Gasteiger partial charge on any atom is -0.444 e. The predicted octanol–water partition coefficient (Wildman–Crippen LogP) is 3.05. The van der Waals surface area contributed by atoms with E-state index in [9.17, 15) is 9.59 Å². The molecule has 0 aromatic carbocycles. The maximum atomic E-state index is 12.2. The quantitative estimate of drug-likeness (QED) is 0.803. The molecule has 1 aromatic heterocycles. The molecule has 5 heteroatoms. The van der Waals surface area contributed by atoms with Gasteiger partial charge in [0, 0.05) is 37.0 Å². The third-order valence-electron chi connectivity index (χ3n) is 3.41. The molecule has 21 heavy (non-hydrogen) atoms. The van der Waals surface area contributed by atoms with E-state index in [1.54, 1.807) is 29.4 Å². The summed E-state index contributed by atoms with van der Waals surface area (Å²) in [6, 6.07) is 3.42. The summed E-state index contributed by atoms with van der Waals surface area (Å²) in [6.07, 6.45) is 4.94. The predicted molar refractivity (Wildman–Crippen MR) is 79.1 cm³/mol. The van der Waals surface area contributed by atoms with Gasteiger partial charge < -0.3 is 9.64 Å². The van der Waals surface area contributed by atoms with Crippen molar-refractivity contribution in [3.63, 3.8) is 0 Å². The van der Waals surface area contributed by atoms with Crippen LogP contribution in [-0.2, 0) is 4.74 Å². The van der Waals surface area contributed by atoms with Gasteiger partial charge in [0.1, 0.15) is 5.60 Å². The van der Waals surface area contributed by atoms with Crippen molar-refractivity contribution in [2.75, 3.05) is 6.54 Å². The molecule has 1 saturated heterocycles. The van der Waals surface area contributed by atoms with Gasteiger partial charge in [0.05, 0.1) is 0 Å². The number of ether oxygens (including phenoxy) is 1. The molecule has 0 unspecified atom stereocenters. The van der Waals surface area contributed by atoms with Crippen LogP contribution in [-0.4, -0.2) is 39.9 Å². The highest BCUT2D eigenvalue weighted by Gasteiger charge is 2.33. The highest BCUT2D eigenvalue weighted by molar-refractivity contribution is 5.96. The maximum absolute atomic E-state index is 12.2. The second-order valence-electron chi connectivity index (χ2n) is 6.34. The van der Waals surface area contributed by atoms with Crippen LogP contribution in [0.25, 0.3) is 0 Å². The van der Waals surface area contributed by atoms with Gasteiger partial charge in [0.2, 0.25) is 0 Å². The molecule has 0 saturated carbocycles. The number of carbonyl (C=O) groups excluding carboxylic acids is 2. The Bertz CT molecular complexity index is 508. The Morgan fingerprint density at radius 2 is 2.19 bits per heavy atom. The van der Waals surface area contributed by atoms with Crippen molar-refractivity contribution < 1.29 is 14.3 Å². The minimum atomic E-state index is -0.516. The first-order valence-corrected chi connectivity index (χ1v) is 7.29. The largest absolute Gasteiger partial charge is 0.444 e. The van der Waals surface area contributed by atoms with Gasteiger partial charge in [-0.15, -0.1) is 0 Å². The van der Waals surface area contributed by atoms with E-state index in [2.05, 4.69) is 4.98 Å². The van der Waals surface area contributed by atoms with Crippen LogP contribution in [0, 0.1) is 0 Å². The Balaban J connectivity index is 1.99. The maximum Gasteiger partial charge on any atom is 0.410 e. The monoisotopic (exact) mass is 290 g/mol. The highest BCUT2D eigenvalue weighted by atomic mass is 16.6. The van der Waals surface area contributed by atoms with Gasteiger partial charge >= 0.3 is 6.09 Å². The second-order valence-corrected chi connectivity index (χ2v) is 6.34. The summed E-state index contributed by atoms with van der Waals surface area (Å²) in [6.45, 7) is 6.18. The van der Waals surface area contributed by atoms with Crippen molar-refractivity contribution in [2.45, 2.75) is 51.7 Å². The molecule has 5 nitrogen and oxygen atoms in total. The fourth-order valence-corrected chi connectivity index (χ4v) is 2.47. The van der Waals surface area contributed by atoms with E-state index in [1.165, 1.54) is 0 Å². The van der Waals surface area contributed by atoms with Gasteiger partial charge in [-0.25, -0.2) is 4.79 Å². The summed E-state index contributed by atoms with van der Waals surface area (Å²) >= 11 is 0. The number of hydrogen-bond donors (Lipinski definition) is 0. The zero-order valence-electron chi connectivity index (χ0n) is 12.8. The molecule has 0 bridgehead atoms. The second kappa shape index (κ2) is 6.24. The van der Waals surface area contributed by atoms with E-state index in [0.29, 0.717) is 18.5 Å². The van der Waals surface area contributed by atoms with E-state index in [1.807, 2.05) is 20.8 Å². The number of hydrogen-bond acceptors (Lipinski definition) is 4. The number of aromatic nitrogens is 1. The molecule has 0 N–H and O–H groups in total. The molecule has 1 aliphatic heterocycles. The van der Waals surface area contributed by atoms with E-state index in [4.69, 9.17) is 4.74 Å². The molecule has 0 spiro atoms. The number of Topliss-reactive ketones (excluding diaryl/α,β-unsaturated/α-hetero) is 1. The SMILES string of the molecule is CC(C)(C)OC(=O)N1CCC[C@H]1CC(=O)c1cccnc1. The molecule has 1 atom stereocenters. The molecule has 1 aromatic rings. The zero-order valence-corrected chi connectivity index (χ0v) is 12.8. The minimum absolute atomic E-state index is 0.0172. The zero-order chi connectivity index (χ0) is 15.5. The van der Waals surface area contributed by atoms with Crippen molar-refractivity contribution in [3.05, 3.63) is 30.1 Å². The summed E-state index contributed by atoms with van der Waals surface area (Å²) in [7, 11) is 0. The van der Waals surface area contributed by atoms with Crippen LogP contribution in [0.4, 0.5) is 4.79 Å². The lowest BCUT2D eigenvalue weighted by molar-refractivity contribution is 0.0223. The Labute approximate surface area is 125 Å². The van der Waals surface area contributed by atoms with E-state index >= 15 is 0 Å². The molecule has 1 aliphatic rings. The average molecular weight is 290 g/mol. The van der Waals surface area contributed by atoms with Crippen LogP contribution in [0.3, 0.4) is 0 Å². The number of rotatable bonds is 3. The third-order valence-corrected chi connectivity index (χ3v) is 3.41. The van der Waals surface area contributed by atoms with Gasteiger partial charge in [-0.1, -0.05) is 0 Å². The van der Waals surface area contributed by atoms with Crippen molar-refractivity contribution in [1.82, 2.24) is 9.88 Å². The Hall–Kier alpha value is -1.91. The Morgan fingerprint density at radius 3 is 2.81 bits per heavy atom. The molecule has 0 aliphatic carbocycles. The standard InChI is InChI=1S/C16H22N2O3/c1-16(2,3)21-15(20)18-9-5-7-13(18)10-14(19)12-6-4-8-17-11-12/h4,6,8,11,13H,5,7,9-10H2,1-3H3/t13-/m0/s1. The fourth-order valence-electron chi connectivity index (χ4n) is 2.47. The first-order chi connectivity index (χ1) is 9.87. The normalized spacial score (nSPS) is 18.6. The van der Waals surface area contributed by atoms with Crippen LogP contribution in [0.2, 0.25) is 0 Å². The fraction of sp³-hybridized carbons (Fsp3) is 0.562. The van der Waals surface area contributed by atoms with Crippen LogP contribution < -0.4 is 0 Å². The highest BCUT2D eigenvalue weighted by Crippen LogP contribution is 2.24. The van der Waals surface area contributed by atoms with Crippen LogP contribution in [0.5, 0.6) is 0 Å². The van der Waals surface area contributed by atoms with E-state index in [-0.39, 0.29) is 17.9 Å². The van der Waals surface area contributed by atoms with E-state index in [0.717, 1.165) is 12.8 Å². The number of carbonyl (C=O) groups is 2. The summed E-state index contributed by atoms with van der Waals surface area (Å²) in [5, 5.41) is 0. The number of amides is 1. The lowest BCUT2D eigenvalue weighted by Gasteiger charge is -2.28. The summed E-state index contributed by atoms with van der Waals surface area (Å²) < 4.78 is 5.40. The average Bonchev–Trinajstić information content (AvgIpc) is 2.86. The molecule has 2 rings (SSSR count). The van der Waals surface area contributed by atoms with Gasteiger partial charge in [-0.3, -0.25) is 9.78 Å². The van der Waals surface area contributed by atoms with Crippen molar-refractivity contribution in [1.29, 1.82) is 0 Å². The van der Waals surface area contributed by atoms with Gasteiger partial charge in [-0.05, 0) is 45.7 Å². The smallest absolute Gasteiger partial charge is 0.410 e. The van der Waals surface area contributed by atoms with Gasteiger partial charge in [0.25, 0.3) is 0 Å².